The van der Waals surface area contributed by atoms with E-state index in [9.17, 15) is 4.79 Å². The van der Waals surface area contributed by atoms with E-state index in [2.05, 4.69) is 40.4 Å². The number of halogens is 1. The molecule has 2 rings (SSSR count). The second-order valence-corrected chi connectivity index (χ2v) is 12.8. The number of ketones is 1. The van der Waals surface area contributed by atoms with Crippen LogP contribution >= 0.6 is 11.6 Å². The summed E-state index contributed by atoms with van der Waals surface area (Å²) in [6, 6.07) is 0. The van der Waals surface area contributed by atoms with Gasteiger partial charge in [0.2, 0.25) is 0 Å². The Kier molecular flexibility index (Phi) is 3.52. The first kappa shape index (κ1) is 15.5. The maximum Gasteiger partial charge on any atom is 0.185 e. The lowest BCUT2D eigenvalue weighted by Gasteiger charge is -2.49. The third-order valence-electron chi connectivity index (χ3n) is 5.91. The number of alkyl halides is 1. The molecule has 0 aromatic rings. The number of hydrogen-bond donors (Lipinski definition) is 0. The zero-order valence-corrected chi connectivity index (χ0v) is 14.9. The Morgan fingerprint density at radius 2 is 1.89 bits per heavy atom. The molecule has 2 fully saturated rings. The van der Waals surface area contributed by atoms with Crippen molar-refractivity contribution in [2.45, 2.75) is 65.3 Å². The zero-order chi connectivity index (χ0) is 14.7. The van der Waals surface area contributed by atoms with E-state index < -0.39 is 13.9 Å². The SMILES string of the molecule is CC1(C)[C@@H]2CC[C@@]1(C)[C@@](O[Si](C)(C)C)(C(=O)CCl)C2. The summed E-state index contributed by atoms with van der Waals surface area (Å²) in [6.07, 6.45) is 3.17. The summed E-state index contributed by atoms with van der Waals surface area (Å²) in [5.74, 6) is 0.762. The molecule has 19 heavy (non-hydrogen) atoms. The molecule has 3 atom stereocenters. The van der Waals surface area contributed by atoms with Crippen LogP contribution in [0.15, 0.2) is 0 Å². The largest absolute Gasteiger partial charge is 0.404 e. The molecule has 4 heteroatoms. The first-order valence-electron chi connectivity index (χ1n) is 7.30. The molecule has 0 spiro atoms. The third-order valence-corrected chi connectivity index (χ3v) is 7.12. The van der Waals surface area contributed by atoms with E-state index >= 15 is 0 Å². The lowest BCUT2D eigenvalue weighted by molar-refractivity contribution is -0.148. The molecule has 0 unspecified atom stereocenters. The Morgan fingerprint density at radius 1 is 1.32 bits per heavy atom. The molecule has 0 radical (unpaired) electrons. The molecular formula is C15H27ClO2Si. The van der Waals surface area contributed by atoms with Gasteiger partial charge in [0.05, 0.1) is 5.88 Å². The molecule has 0 aromatic heterocycles. The van der Waals surface area contributed by atoms with Gasteiger partial charge in [-0.3, -0.25) is 4.79 Å². The minimum Gasteiger partial charge on any atom is -0.404 e. The molecule has 2 bridgehead atoms. The Bertz CT molecular complexity index is 401. The van der Waals surface area contributed by atoms with Gasteiger partial charge in [-0.25, -0.2) is 0 Å². The van der Waals surface area contributed by atoms with Gasteiger partial charge in [0.1, 0.15) is 5.60 Å². The fourth-order valence-corrected chi connectivity index (χ4v) is 6.20. The van der Waals surface area contributed by atoms with Gasteiger partial charge < -0.3 is 4.43 Å². The Labute approximate surface area is 123 Å². The minimum absolute atomic E-state index is 0.0723. The van der Waals surface area contributed by atoms with Crippen molar-refractivity contribution in [3.63, 3.8) is 0 Å². The molecule has 110 valence electrons. The predicted molar refractivity (Wildman–Crippen MR) is 82.1 cm³/mol. The number of rotatable bonds is 4. The summed E-state index contributed by atoms with van der Waals surface area (Å²) >= 11 is 5.93. The third kappa shape index (κ3) is 1.96. The Morgan fingerprint density at radius 3 is 2.21 bits per heavy atom. The summed E-state index contributed by atoms with van der Waals surface area (Å²) in [5, 5.41) is 0. The van der Waals surface area contributed by atoms with Crippen LogP contribution in [0.2, 0.25) is 19.6 Å². The minimum atomic E-state index is -1.80. The highest BCUT2D eigenvalue weighted by molar-refractivity contribution is 6.70. The smallest absolute Gasteiger partial charge is 0.185 e. The average molecular weight is 303 g/mol. The Hall–Kier alpha value is 0.137. The second-order valence-electron chi connectivity index (χ2n) is 8.09. The molecule has 2 saturated carbocycles. The summed E-state index contributed by atoms with van der Waals surface area (Å²) in [5.41, 5.74) is -0.545. The van der Waals surface area contributed by atoms with Crippen molar-refractivity contribution in [2.24, 2.45) is 16.7 Å². The molecule has 0 heterocycles. The summed E-state index contributed by atoms with van der Waals surface area (Å²) < 4.78 is 6.52. The van der Waals surface area contributed by atoms with Crippen LogP contribution in [0.5, 0.6) is 0 Å². The van der Waals surface area contributed by atoms with E-state index in [1.807, 2.05) is 0 Å². The van der Waals surface area contributed by atoms with E-state index in [4.69, 9.17) is 16.0 Å². The zero-order valence-electron chi connectivity index (χ0n) is 13.1. The first-order valence-corrected chi connectivity index (χ1v) is 11.2. The lowest BCUT2D eigenvalue weighted by Crippen LogP contribution is -2.59. The lowest BCUT2D eigenvalue weighted by atomic mass is 9.63. The van der Waals surface area contributed by atoms with Gasteiger partial charge in [-0.2, -0.15) is 0 Å². The van der Waals surface area contributed by atoms with Crippen LogP contribution in [0.4, 0.5) is 0 Å². The monoisotopic (exact) mass is 302 g/mol. The van der Waals surface area contributed by atoms with Gasteiger partial charge in [0.25, 0.3) is 0 Å². The highest BCUT2D eigenvalue weighted by Crippen LogP contribution is 2.71. The van der Waals surface area contributed by atoms with Gasteiger partial charge in [0.15, 0.2) is 14.1 Å². The molecule has 0 amide bonds. The molecule has 2 aliphatic carbocycles. The highest BCUT2D eigenvalue weighted by Gasteiger charge is 2.72. The number of carbonyl (C=O) groups excluding carboxylic acids is 1. The van der Waals surface area contributed by atoms with E-state index in [0.717, 1.165) is 12.8 Å². The molecular weight excluding hydrogens is 276 g/mol. The van der Waals surface area contributed by atoms with Crippen molar-refractivity contribution >= 4 is 25.7 Å². The summed E-state index contributed by atoms with van der Waals surface area (Å²) in [7, 11) is -1.80. The van der Waals surface area contributed by atoms with Crippen LogP contribution in [-0.2, 0) is 9.22 Å². The van der Waals surface area contributed by atoms with Crippen LogP contribution < -0.4 is 0 Å². The van der Waals surface area contributed by atoms with Crippen LogP contribution in [0.25, 0.3) is 0 Å². The van der Waals surface area contributed by atoms with Crippen LogP contribution in [0.1, 0.15) is 40.0 Å². The van der Waals surface area contributed by atoms with Crippen molar-refractivity contribution in [1.82, 2.24) is 0 Å². The molecule has 0 N–H and O–H groups in total. The van der Waals surface area contributed by atoms with E-state index in [-0.39, 0.29) is 22.5 Å². The molecule has 2 nitrogen and oxygen atoms in total. The van der Waals surface area contributed by atoms with E-state index in [1.54, 1.807) is 0 Å². The fraction of sp³-hybridized carbons (Fsp3) is 0.933. The van der Waals surface area contributed by atoms with Crippen molar-refractivity contribution in [3.05, 3.63) is 0 Å². The maximum atomic E-state index is 12.7. The van der Waals surface area contributed by atoms with Gasteiger partial charge in [-0.15, -0.1) is 11.6 Å². The van der Waals surface area contributed by atoms with E-state index in [1.165, 1.54) is 6.42 Å². The molecule has 0 aliphatic heterocycles. The molecule has 0 aromatic carbocycles. The number of Topliss-reactive ketones (excluding diaryl/α,β-unsaturated/α-hetero) is 1. The summed E-state index contributed by atoms with van der Waals surface area (Å²) in [6.45, 7) is 13.4. The van der Waals surface area contributed by atoms with Crippen LogP contribution in [-0.4, -0.2) is 25.6 Å². The normalized spacial score (nSPS) is 40.7. The molecule has 2 aliphatic rings. The number of hydrogen-bond acceptors (Lipinski definition) is 2. The summed E-state index contributed by atoms with van der Waals surface area (Å²) in [4.78, 5) is 12.7. The van der Waals surface area contributed by atoms with Crippen molar-refractivity contribution in [3.8, 4) is 0 Å². The van der Waals surface area contributed by atoms with Gasteiger partial charge in [-0.1, -0.05) is 20.8 Å². The van der Waals surface area contributed by atoms with Crippen molar-refractivity contribution in [1.29, 1.82) is 0 Å². The highest BCUT2D eigenvalue weighted by atomic mass is 35.5. The topological polar surface area (TPSA) is 26.3 Å². The van der Waals surface area contributed by atoms with E-state index in [0.29, 0.717) is 5.92 Å². The second kappa shape index (κ2) is 4.31. The number of carbonyl (C=O) groups is 1. The quantitative estimate of drug-likeness (QED) is 0.574. The first-order chi connectivity index (χ1) is 8.50. The molecule has 0 saturated heterocycles. The van der Waals surface area contributed by atoms with Gasteiger partial charge >= 0.3 is 0 Å². The van der Waals surface area contributed by atoms with Crippen molar-refractivity contribution in [2.75, 3.05) is 5.88 Å². The standard InChI is InChI=1S/C15H27ClO2Si/c1-13(2)11-7-8-14(13,3)15(9-11,12(17)10-16)18-19(4,5)6/h11H,7-10H2,1-6H3/t11-,14-,15+/m1/s1. The predicted octanol–water partition coefficient (Wildman–Crippen LogP) is 4.23. The van der Waals surface area contributed by atoms with Crippen LogP contribution in [0, 0.1) is 16.7 Å². The van der Waals surface area contributed by atoms with Crippen molar-refractivity contribution < 1.29 is 9.22 Å². The Balaban J connectivity index is 2.50. The average Bonchev–Trinajstić information content (AvgIpc) is 2.57. The van der Waals surface area contributed by atoms with Crippen LogP contribution in [0.3, 0.4) is 0 Å². The number of fused-ring (bicyclic) bond motifs is 2. The maximum absolute atomic E-state index is 12.7. The fourth-order valence-electron chi connectivity index (χ4n) is 4.51. The van der Waals surface area contributed by atoms with Gasteiger partial charge in [0, 0.05) is 5.41 Å². The van der Waals surface area contributed by atoms with Gasteiger partial charge in [-0.05, 0) is 50.2 Å².